The van der Waals surface area contributed by atoms with Gasteiger partial charge in [0.25, 0.3) is 0 Å². The number of fused-ring (bicyclic) bond motifs is 1. The molecule has 0 spiro atoms. The van der Waals surface area contributed by atoms with Gasteiger partial charge < -0.3 is 14.2 Å². The van der Waals surface area contributed by atoms with Crippen LogP contribution in [0.1, 0.15) is 17.2 Å². The van der Waals surface area contributed by atoms with E-state index >= 15 is 0 Å². The molecule has 2 aliphatic rings. The molecule has 2 aromatic carbocycles. The van der Waals surface area contributed by atoms with Gasteiger partial charge in [-0.05, 0) is 23.3 Å². The van der Waals surface area contributed by atoms with Crippen molar-refractivity contribution in [2.45, 2.75) is 18.8 Å². The summed E-state index contributed by atoms with van der Waals surface area (Å²) in [6, 6.07) is 16.5. The van der Waals surface area contributed by atoms with E-state index in [1.54, 1.807) is 7.11 Å². The molecule has 2 heterocycles. The van der Waals surface area contributed by atoms with E-state index in [0.717, 1.165) is 36.7 Å². The van der Waals surface area contributed by atoms with Crippen LogP contribution < -0.4 is 9.47 Å². The number of para-hydroxylation sites is 2. The molecule has 0 amide bonds. The van der Waals surface area contributed by atoms with Crippen LogP contribution in [0.2, 0.25) is 0 Å². The summed E-state index contributed by atoms with van der Waals surface area (Å²) < 4.78 is 17.1. The highest BCUT2D eigenvalue weighted by molar-refractivity contribution is 5.41. The van der Waals surface area contributed by atoms with Gasteiger partial charge >= 0.3 is 0 Å². The zero-order valence-electron chi connectivity index (χ0n) is 13.3. The third-order valence-electron chi connectivity index (χ3n) is 4.52. The van der Waals surface area contributed by atoms with Crippen molar-refractivity contribution in [3.8, 4) is 11.5 Å². The molecule has 1 atom stereocenters. The van der Waals surface area contributed by atoms with Crippen LogP contribution in [0.3, 0.4) is 0 Å². The Morgan fingerprint density at radius 2 is 1.78 bits per heavy atom. The lowest BCUT2D eigenvalue weighted by Crippen LogP contribution is -2.50. The van der Waals surface area contributed by atoms with Gasteiger partial charge in [-0.25, -0.2) is 0 Å². The lowest BCUT2D eigenvalue weighted by Gasteiger charge is -2.38. The van der Waals surface area contributed by atoms with Gasteiger partial charge in [-0.1, -0.05) is 36.4 Å². The molecule has 2 aliphatic heterocycles. The number of nitrogens with zero attached hydrogens (tertiary/aromatic N) is 1. The molecular formula is C19H21NO3. The summed E-state index contributed by atoms with van der Waals surface area (Å²) in [7, 11) is 1.78. The van der Waals surface area contributed by atoms with E-state index in [0.29, 0.717) is 12.7 Å². The smallest absolute Gasteiger partial charge is 0.162 e. The summed E-state index contributed by atoms with van der Waals surface area (Å²) in [4.78, 5) is 2.39. The topological polar surface area (TPSA) is 30.9 Å². The Kier molecular flexibility index (Phi) is 3.93. The van der Waals surface area contributed by atoms with E-state index < -0.39 is 0 Å². The van der Waals surface area contributed by atoms with E-state index in [-0.39, 0.29) is 6.10 Å². The van der Waals surface area contributed by atoms with Gasteiger partial charge in [-0.3, -0.25) is 4.90 Å². The van der Waals surface area contributed by atoms with Crippen LogP contribution in [-0.4, -0.2) is 37.8 Å². The number of hydrogen-bond acceptors (Lipinski definition) is 4. The van der Waals surface area contributed by atoms with Crippen LogP contribution in [0, 0.1) is 0 Å². The minimum atomic E-state index is -0.0409. The Labute approximate surface area is 136 Å². The second-order valence-electron chi connectivity index (χ2n) is 6.16. The van der Waals surface area contributed by atoms with Gasteiger partial charge in [0.1, 0.15) is 6.61 Å². The van der Waals surface area contributed by atoms with Crippen LogP contribution in [0.5, 0.6) is 11.5 Å². The van der Waals surface area contributed by atoms with Crippen molar-refractivity contribution in [2.24, 2.45) is 0 Å². The fourth-order valence-electron chi connectivity index (χ4n) is 3.08. The van der Waals surface area contributed by atoms with Gasteiger partial charge in [-0.15, -0.1) is 0 Å². The number of benzene rings is 2. The van der Waals surface area contributed by atoms with Crippen LogP contribution in [0.15, 0.2) is 48.5 Å². The number of rotatable bonds is 4. The molecule has 23 heavy (non-hydrogen) atoms. The van der Waals surface area contributed by atoms with Crippen molar-refractivity contribution >= 4 is 0 Å². The van der Waals surface area contributed by atoms with Crippen LogP contribution in [0.4, 0.5) is 0 Å². The zero-order valence-corrected chi connectivity index (χ0v) is 13.3. The fourth-order valence-corrected chi connectivity index (χ4v) is 3.08. The van der Waals surface area contributed by atoms with Gasteiger partial charge in [-0.2, -0.15) is 0 Å². The van der Waals surface area contributed by atoms with Crippen molar-refractivity contribution in [3.05, 3.63) is 59.7 Å². The molecule has 0 aliphatic carbocycles. The zero-order chi connectivity index (χ0) is 15.6. The van der Waals surface area contributed by atoms with E-state index in [2.05, 4.69) is 29.2 Å². The third kappa shape index (κ3) is 3.05. The van der Waals surface area contributed by atoms with Crippen molar-refractivity contribution in [3.63, 3.8) is 0 Å². The Hall–Kier alpha value is -2.04. The molecule has 4 nitrogen and oxygen atoms in total. The molecule has 4 rings (SSSR count). The first-order chi connectivity index (χ1) is 11.3. The largest absolute Gasteiger partial charge is 0.485 e. The molecule has 1 fully saturated rings. The van der Waals surface area contributed by atoms with Crippen LogP contribution >= 0.6 is 0 Å². The SMILES string of the molecule is COC1CN(Cc2ccc(C3COc4ccccc4O3)cc2)C1. The molecule has 2 aromatic rings. The van der Waals surface area contributed by atoms with Crippen LogP contribution in [-0.2, 0) is 11.3 Å². The maximum Gasteiger partial charge on any atom is 0.162 e. The molecule has 0 aromatic heterocycles. The lowest BCUT2D eigenvalue weighted by atomic mass is 10.0. The molecule has 1 saturated heterocycles. The third-order valence-corrected chi connectivity index (χ3v) is 4.52. The Bertz CT molecular complexity index is 665. The second-order valence-corrected chi connectivity index (χ2v) is 6.16. The highest BCUT2D eigenvalue weighted by Gasteiger charge is 2.26. The molecular weight excluding hydrogens is 290 g/mol. The first-order valence-corrected chi connectivity index (χ1v) is 8.04. The molecule has 0 bridgehead atoms. The number of ether oxygens (including phenoxy) is 3. The van der Waals surface area contributed by atoms with Crippen molar-refractivity contribution in [2.75, 3.05) is 26.8 Å². The maximum absolute atomic E-state index is 6.05. The average Bonchev–Trinajstić information content (AvgIpc) is 2.58. The minimum Gasteiger partial charge on any atom is -0.485 e. The molecule has 1 unspecified atom stereocenters. The first-order valence-electron chi connectivity index (χ1n) is 8.04. The number of hydrogen-bond donors (Lipinski definition) is 0. The van der Waals surface area contributed by atoms with E-state index in [1.807, 2.05) is 24.3 Å². The average molecular weight is 311 g/mol. The Balaban J connectivity index is 1.39. The molecule has 4 heteroatoms. The van der Waals surface area contributed by atoms with E-state index in [4.69, 9.17) is 14.2 Å². The van der Waals surface area contributed by atoms with Crippen LogP contribution in [0.25, 0.3) is 0 Å². The predicted octanol–water partition coefficient (Wildman–Crippen LogP) is 3.03. The standard InChI is InChI=1S/C19H21NO3/c1-21-16-11-20(12-16)10-14-6-8-15(9-7-14)19-13-22-17-4-2-3-5-18(17)23-19/h2-9,16,19H,10-13H2,1H3. The monoisotopic (exact) mass is 311 g/mol. The molecule has 0 radical (unpaired) electrons. The van der Waals surface area contributed by atoms with Crippen molar-refractivity contribution < 1.29 is 14.2 Å². The van der Waals surface area contributed by atoms with Gasteiger partial charge in [0.2, 0.25) is 0 Å². The first kappa shape index (κ1) is 14.5. The fraction of sp³-hybridized carbons (Fsp3) is 0.368. The van der Waals surface area contributed by atoms with Crippen molar-refractivity contribution in [1.82, 2.24) is 4.90 Å². The Morgan fingerprint density at radius 1 is 1.04 bits per heavy atom. The molecule has 120 valence electrons. The maximum atomic E-state index is 6.05. The normalized spacial score (nSPS) is 21.0. The summed E-state index contributed by atoms with van der Waals surface area (Å²) >= 11 is 0. The van der Waals surface area contributed by atoms with Crippen molar-refractivity contribution in [1.29, 1.82) is 0 Å². The van der Waals surface area contributed by atoms with Gasteiger partial charge in [0.15, 0.2) is 17.6 Å². The molecule has 0 saturated carbocycles. The van der Waals surface area contributed by atoms with E-state index in [9.17, 15) is 0 Å². The number of likely N-dealkylation sites (tertiary alicyclic amines) is 1. The summed E-state index contributed by atoms with van der Waals surface area (Å²) in [5.41, 5.74) is 2.47. The summed E-state index contributed by atoms with van der Waals surface area (Å²) in [6.07, 6.45) is 0.364. The highest BCUT2D eigenvalue weighted by Crippen LogP contribution is 2.35. The second kappa shape index (κ2) is 6.22. The van der Waals surface area contributed by atoms with Gasteiger partial charge in [0, 0.05) is 26.7 Å². The highest BCUT2D eigenvalue weighted by atomic mass is 16.6. The van der Waals surface area contributed by atoms with E-state index in [1.165, 1.54) is 5.56 Å². The Morgan fingerprint density at radius 3 is 2.52 bits per heavy atom. The summed E-state index contributed by atoms with van der Waals surface area (Å²) in [5, 5.41) is 0. The quantitative estimate of drug-likeness (QED) is 0.868. The van der Waals surface area contributed by atoms with Gasteiger partial charge in [0.05, 0.1) is 6.10 Å². The predicted molar refractivity (Wildman–Crippen MR) is 87.8 cm³/mol. The summed E-state index contributed by atoms with van der Waals surface area (Å²) in [6.45, 7) is 3.58. The lowest BCUT2D eigenvalue weighted by molar-refractivity contribution is -0.0334. The minimum absolute atomic E-state index is 0.0409. The number of methoxy groups -OCH3 is 1. The molecule has 0 N–H and O–H groups in total. The summed E-state index contributed by atoms with van der Waals surface area (Å²) in [5.74, 6) is 1.64.